The molecule has 1 N–H and O–H groups in total. The third-order valence-electron chi connectivity index (χ3n) is 2.17. The van der Waals surface area contributed by atoms with Gasteiger partial charge in [-0.25, -0.2) is 4.98 Å². The van der Waals surface area contributed by atoms with Crippen molar-refractivity contribution in [3.63, 3.8) is 0 Å². The van der Waals surface area contributed by atoms with Crippen molar-refractivity contribution in [2.75, 3.05) is 0 Å². The molecule has 0 aliphatic carbocycles. The van der Waals surface area contributed by atoms with Crippen molar-refractivity contribution in [3.05, 3.63) is 16.1 Å². The largest absolute Gasteiger partial charge is 0.403 e. The Morgan fingerprint density at radius 3 is 2.06 bits per heavy atom. The fourth-order valence-electron chi connectivity index (χ4n) is 1.46. The highest BCUT2D eigenvalue weighted by Crippen LogP contribution is 2.42. The number of aliphatic hydroxyl groups excluding tert-OH is 1. The van der Waals surface area contributed by atoms with Gasteiger partial charge in [-0.15, -0.1) is 11.3 Å². The lowest BCUT2D eigenvalue weighted by Gasteiger charge is -2.26. The van der Waals surface area contributed by atoms with Crippen LogP contribution in [-0.4, -0.2) is 28.5 Å². The first-order valence-electron chi connectivity index (χ1n) is 4.74. The van der Waals surface area contributed by atoms with Crippen molar-refractivity contribution >= 4 is 11.3 Å². The van der Waals surface area contributed by atoms with Gasteiger partial charge in [0.15, 0.2) is 5.92 Å². The quantitative estimate of drug-likeness (QED) is 0.869. The van der Waals surface area contributed by atoms with Gasteiger partial charge in [-0.1, -0.05) is 0 Å². The van der Waals surface area contributed by atoms with Crippen LogP contribution in [0.4, 0.5) is 26.3 Å². The minimum atomic E-state index is -5.54. The van der Waals surface area contributed by atoms with E-state index in [0.29, 0.717) is 5.01 Å². The zero-order valence-corrected chi connectivity index (χ0v) is 9.83. The summed E-state index contributed by atoms with van der Waals surface area (Å²) < 4.78 is 73.7. The third-order valence-corrected chi connectivity index (χ3v) is 3.00. The Labute approximate surface area is 102 Å². The minimum absolute atomic E-state index is 0.0171. The second-order valence-corrected chi connectivity index (χ2v) is 4.75. The molecule has 0 saturated heterocycles. The highest BCUT2D eigenvalue weighted by atomic mass is 32.1. The van der Waals surface area contributed by atoms with Crippen LogP contribution >= 0.6 is 11.3 Å². The summed E-state index contributed by atoms with van der Waals surface area (Å²) in [5.74, 6) is -3.76. The van der Waals surface area contributed by atoms with Gasteiger partial charge >= 0.3 is 12.4 Å². The van der Waals surface area contributed by atoms with E-state index in [1.807, 2.05) is 0 Å². The second-order valence-electron chi connectivity index (χ2n) is 3.69. The lowest BCUT2D eigenvalue weighted by Crippen LogP contribution is -2.45. The van der Waals surface area contributed by atoms with Gasteiger partial charge in [-0.3, -0.25) is 0 Å². The number of rotatable bonds is 3. The SMILES string of the molecule is Cc1nc(CC(O)C(C(F)(F)F)C(F)(F)F)cs1. The summed E-state index contributed by atoms with van der Waals surface area (Å²) in [5.41, 5.74) is 0.0171. The Kier molecular flexibility index (Phi) is 4.26. The Hall–Kier alpha value is -0.830. The molecule has 9 heteroatoms. The monoisotopic (exact) mass is 293 g/mol. The molecule has 1 unspecified atom stereocenters. The van der Waals surface area contributed by atoms with E-state index >= 15 is 0 Å². The normalized spacial score (nSPS) is 15.2. The molecular weight excluding hydrogens is 284 g/mol. The van der Waals surface area contributed by atoms with Crippen LogP contribution in [-0.2, 0) is 6.42 Å². The van der Waals surface area contributed by atoms with E-state index in [0.717, 1.165) is 11.3 Å². The maximum Gasteiger partial charge on any atom is 0.403 e. The standard InChI is InChI=1S/C9H9F6NOS/c1-4-16-5(3-18-4)2-6(17)7(8(10,11)12)9(13,14)15/h3,6-7,17H,2H2,1H3. The topological polar surface area (TPSA) is 33.1 Å². The van der Waals surface area contributed by atoms with Crippen LogP contribution in [0.2, 0.25) is 0 Å². The highest BCUT2D eigenvalue weighted by Gasteiger charge is 2.60. The van der Waals surface area contributed by atoms with Crippen LogP contribution in [0.5, 0.6) is 0 Å². The number of hydrogen-bond acceptors (Lipinski definition) is 3. The minimum Gasteiger partial charge on any atom is -0.392 e. The van der Waals surface area contributed by atoms with Crippen molar-refractivity contribution in [3.8, 4) is 0 Å². The molecule has 104 valence electrons. The van der Waals surface area contributed by atoms with Crippen LogP contribution in [0.15, 0.2) is 5.38 Å². The first-order chi connectivity index (χ1) is 8.01. The van der Waals surface area contributed by atoms with Crippen molar-refractivity contribution in [2.45, 2.75) is 31.8 Å². The molecular formula is C9H9F6NOS. The number of nitrogens with zero attached hydrogens (tertiary/aromatic N) is 1. The summed E-state index contributed by atoms with van der Waals surface area (Å²) in [7, 11) is 0. The number of thiazole rings is 1. The average Bonchev–Trinajstić information content (AvgIpc) is 2.44. The van der Waals surface area contributed by atoms with Crippen molar-refractivity contribution in [1.29, 1.82) is 0 Å². The van der Waals surface area contributed by atoms with Crippen LogP contribution in [0.3, 0.4) is 0 Å². The van der Waals surface area contributed by atoms with Gasteiger partial charge in [0.1, 0.15) is 0 Å². The second kappa shape index (κ2) is 5.04. The number of hydrogen-bond donors (Lipinski definition) is 1. The summed E-state index contributed by atoms with van der Waals surface area (Å²) in [4.78, 5) is 3.72. The molecule has 0 aromatic carbocycles. The molecule has 0 aliphatic rings. The molecule has 0 amide bonds. The van der Waals surface area contributed by atoms with Crippen molar-refractivity contribution in [2.24, 2.45) is 5.92 Å². The summed E-state index contributed by atoms with van der Waals surface area (Å²) in [6, 6.07) is 0. The van der Waals surface area contributed by atoms with Gasteiger partial charge in [0.25, 0.3) is 0 Å². The van der Waals surface area contributed by atoms with Gasteiger partial charge in [-0.05, 0) is 6.92 Å². The Morgan fingerprint density at radius 2 is 1.72 bits per heavy atom. The van der Waals surface area contributed by atoms with E-state index in [1.165, 1.54) is 5.38 Å². The Bertz CT molecular complexity index is 384. The van der Waals surface area contributed by atoms with Crippen LogP contribution < -0.4 is 0 Å². The number of aromatic nitrogens is 1. The average molecular weight is 293 g/mol. The molecule has 0 radical (unpaired) electrons. The van der Waals surface area contributed by atoms with Gasteiger partial charge in [-0.2, -0.15) is 26.3 Å². The zero-order valence-electron chi connectivity index (χ0n) is 9.01. The summed E-state index contributed by atoms with van der Waals surface area (Å²) >= 11 is 1.09. The first kappa shape index (κ1) is 15.2. The first-order valence-corrected chi connectivity index (χ1v) is 5.62. The van der Waals surface area contributed by atoms with Crippen LogP contribution in [0, 0.1) is 12.8 Å². The smallest absolute Gasteiger partial charge is 0.392 e. The Morgan fingerprint density at radius 1 is 1.22 bits per heavy atom. The van der Waals surface area contributed by atoms with Gasteiger partial charge in [0.2, 0.25) is 0 Å². The maximum absolute atomic E-state index is 12.3. The van der Waals surface area contributed by atoms with E-state index in [1.54, 1.807) is 6.92 Å². The Balaban J connectivity index is 2.87. The predicted molar refractivity (Wildman–Crippen MR) is 52.2 cm³/mol. The van der Waals surface area contributed by atoms with E-state index < -0.39 is 30.8 Å². The molecule has 0 aliphatic heterocycles. The molecule has 2 nitrogen and oxygen atoms in total. The molecule has 1 rings (SSSR count). The lowest BCUT2D eigenvalue weighted by molar-refractivity contribution is -0.305. The van der Waals surface area contributed by atoms with E-state index in [2.05, 4.69) is 4.98 Å². The number of aryl methyl sites for hydroxylation is 1. The summed E-state index contributed by atoms with van der Waals surface area (Å²) in [6.45, 7) is 1.56. The van der Waals surface area contributed by atoms with E-state index in [4.69, 9.17) is 5.11 Å². The zero-order chi connectivity index (χ0) is 14.1. The van der Waals surface area contributed by atoms with Crippen molar-refractivity contribution < 1.29 is 31.4 Å². The molecule has 0 spiro atoms. The molecule has 1 aromatic heterocycles. The fraction of sp³-hybridized carbons (Fsp3) is 0.667. The molecule has 18 heavy (non-hydrogen) atoms. The molecule has 0 fully saturated rings. The number of aliphatic hydroxyl groups is 1. The number of halogens is 6. The third kappa shape index (κ3) is 3.84. The maximum atomic E-state index is 12.3. The fourth-order valence-corrected chi connectivity index (χ4v) is 2.08. The van der Waals surface area contributed by atoms with E-state index in [9.17, 15) is 26.3 Å². The molecule has 1 heterocycles. The summed E-state index contributed by atoms with van der Waals surface area (Å²) in [5, 5.41) is 11.0. The predicted octanol–water partition coefficient (Wildman–Crippen LogP) is 3.10. The van der Waals surface area contributed by atoms with Crippen LogP contribution in [0.25, 0.3) is 0 Å². The van der Waals surface area contributed by atoms with Gasteiger partial charge < -0.3 is 5.11 Å². The van der Waals surface area contributed by atoms with E-state index in [-0.39, 0.29) is 5.69 Å². The number of alkyl halides is 6. The molecule has 0 bridgehead atoms. The van der Waals surface area contributed by atoms with Gasteiger partial charge in [0, 0.05) is 11.8 Å². The van der Waals surface area contributed by atoms with Crippen LogP contribution in [0.1, 0.15) is 10.7 Å². The molecule has 1 aromatic rings. The molecule has 0 saturated carbocycles. The lowest BCUT2D eigenvalue weighted by atomic mass is 9.97. The molecule has 1 atom stereocenters. The summed E-state index contributed by atoms with van der Waals surface area (Å²) in [6.07, 6.45) is -14.5. The van der Waals surface area contributed by atoms with Crippen molar-refractivity contribution in [1.82, 2.24) is 4.98 Å². The highest BCUT2D eigenvalue weighted by molar-refractivity contribution is 7.09. The van der Waals surface area contributed by atoms with Gasteiger partial charge in [0.05, 0.1) is 16.8 Å².